The number of fused-ring (bicyclic) bond motifs is 1. The Balaban J connectivity index is 1.58. The third kappa shape index (κ3) is 4.46. The summed E-state index contributed by atoms with van der Waals surface area (Å²) in [7, 11) is -3.86. The first-order valence-electron chi connectivity index (χ1n) is 9.83. The molecule has 31 heavy (non-hydrogen) atoms. The third-order valence-electron chi connectivity index (χ3n) is 4.48. The highest BCUT2D eigenvalue weighted by atomic mass is 32.2. The topological polar surface area (TPSA) is 94.8 Å². The van der Waals surface area contributed by atoms with Gasteiger partial charge >= 0.3 is 0 Å². The number of nitrogens with one attached hydrogen (secondary N) is 1. The fourth-order valence-corrected chi connectivity index (χ4v) is 4.31. The molecule has 2 aromatic carbocycles. The number of aromatic nitrogens is 3. The molecule has 0 fully saturated rings. The molecule has 0 amide bonds. The molecule has 0 bridgehead atoms. The molecule has 160 valence electrons. The number of rotatable bonds is 8. The van der Waals surface area contributed by atoms with Crippen LogP contribution in [0.5, 0.6) is 11.5 Å². The first-order chi connectivity index (χ1) is 15.0. The van der Waals surface area contributed by atoms with Crippen molar-refractivity contribution < 1.29 is 17.9 Å². The Morgan fingerprint density at radius 1 is 1.03 bits per heavy atom. The van der Waals surface area contributed by atoms with E-state index in [0.29, 0.717) is 30.4 Å². The first-order valence-corrected chi connectivity index (χ1v) is 11.3. The lowest BCUT2D eigenvalue weighted by Gasteiger charge is -2.14. The van der Waals surface area contributed by atoms with Crippen molar-refractivity contribution in [2.45, 2.75) is 18.7 Å². The molecule has 8 nitrogen and oxygen atoms in total. The van der Waals surface area contributed by atoms with Crippen molar-refractivity contribution in [2.24, 2.45) is 0 Å². The quantitative estimate of drug-likeness (QED) is 0.447. The largest absolute Gasteiger partial charge is 0.494 e. The molecule has 0 spiro atoms. The van der Waals surface area contributed by atoms with Crippen molar-refractivity contribution in [1.82, 2.24) is 14.4 Å². The van der Waals surface area contributed by atoms with Crippen molar-refractivity contribution in [2.75, 3.05) is 17.9 Å². The Morgan fingerprint density at radius 2 is 1.81 bits per heavy atom. The van der Waals surface area contributed by atoms with Crippen LogP contribution < -0.4 is 14.2 Å². The maximum Gasteiger partial charge on any atom is 0.265 e. The normalized spacial score (nSPS) is 11.4. The second-order valence-corrected chi connectivity index (χ2v) is 8.26. The zero-order chi connectivity index (χ0) is 21.8. The van der Waals surface area contributed by atoms with Gasteiger partial charge < -0.3 is 9.47 Å². The van der Waals surface area contributed by atoms with Gasteiger partial charge in [-0.15, -0.1) is 0 Å². The van der Waals surface area contributed by atoms with E-state index in [1.165, 1.54) is 6.07 Å². The number of ether oxygens (including phenoxy) is 2. The number of sulfonamides is 1. The van der Waals surface area contributed by atoms with Gasteiger partial charge in [-0.05, 0) is 44.2 Å². The average Bonchev–Trinajstić information content (AvgIpc) is 3.19. The predicted octanol–water partition coefficient (Wildman–Crippen LogP) is 3.99. The molecule has 4 rings (SSSR count). The lowest BCUT2D eigenvalue weighted by atomic mass is 10.1. The standard InChI is InChI=1S/C22H22N4O4S/c1-3-29-18-10-11-21(20(14-18)30-4-2)31(27,28)25-17-8-6-16(7-9-17)19-15-26-13-5-12-23-22(26)24-19/h5-15,25H,3-4H2,1-2H3. The minimum Gasteiger partial charge on any atom is -0.494 e. The molecule has 2 aromatic heterocycles. The lowest BCUT2D eigenvalue weighted by Crippen LogP contribution is -2.14. The van der Waals surface area contributed by atoms with Gasteiger partial charge in [-0.1, -0.05) is 12.1 Å². The van der Waals surface area contributed by atoms with Gasteiger partial charge in [-0.25, -0.2) is 18.4 Å². The smallest absolute Gasteiger partial charge is 0.265 e. The van der Waals surface area contributed by atoms with Gasteiger partial charge in [0.05, 0.1) is 18.9 Å². The van der Waals surface area contributed by atoms with E-state index >= 15 is 0 Å². The summed E-state index contributed by atoms with van der Waals surface area (Å²) in [4.78, 5) is 8.73. The van der Waals surface area contributed by atoms with Crippen LogP contribution in [0.2, 0.25) is 0 Å². The van der Waals surface area contributed by atoms with Crippen LogP contribution in [-0.4, -0.2) is 36.0 Å². The first kappa shape index (κ1) is 20.7. The predicted molar refractivity (Wildman–Crippen MR) is 118 cm³/mol. The molecule has 1 N–H and O–H groups in total. The van der Waals surface area contributed by atoms with Crippen LogP contribution in [-0.2, 0) is 10.0 Å². The molecule has 2 heterocycles. The minimum atomic E-state index is -3.86. The molecule has 9 heteroatoms. The molecule has 0 unspecified atom stereocenters. The molecule has 0 aliphatic rings. The van der Waals surface area contributed by atoms with Crippen LogP contribution in [0.15, 0.2) is 72.0 Å². The van der Waals surface area contributed by atoms with Crippen molar-refractivity contribution in [3.8, 4) is 22.8 Å². The highest BCUT2D eigenvalue weighted by Gasteiger charge is 2.21. The maximum atomic E-state index is 13.0. The summed E-state index contributed by atoms with van der Waals surface area (Å²) in [5.41, 5.74) is 2.03. The highest BCUT2D eigenvalue weighted by Crippen LogP contribution is 2.31. The Bertz CT molecular complexity index is 1270. The van der Waals surface area contributed by atoms with Crippen LogP contribution >= 0.6 is 0 Å². The number of hydrogen-bond acceptors (Lipinski definition) is 6. The summed E-state index contributed by atoms with van der Waals surface area (Å²) in [6.45, 7) is 4.47. The van der Waals surface area contributed by atoms with Crippen LogP contribution in [0.1, 0.15) is 13.8 Å². The number of anilines is 1. The monoisotopic (exact) mass is 438 g/mol. The van der Waals surface area contributed by atoms with Crippen molar-refractivity contribution in [3.63, 3.8) is 0 Å². The van der Waals surface area contributed by atoms with Gasteiger partial charge in [0.15, 0.2) is 0 Å². The van der Waals surface area contributed by atoms with E-state index in [9.17, 15) is 8.42 Å². The summed E-state index contributed by atoms with van der Waals surface area (Å²) in [5.74, 6) is 1.40. The van der Waals surface area contributed by atoms with E-state index in [4.69, 9.17) is 9.47 Å². The van der Waals surface area contributed by atoms with Gasteiger partial charge in [-0.3, -0.25) is 9.12 Å². The lowest BCUT2D eigenvalue weighted by molar-refractivity contribution is 0.317. The van der Waals surface area contributed by atoms with Gasteiger partial charge in [0.1, 0.15) is 16.4 Å². The zero-order valence-electron chi connectivity index (χ0n) is 17.1. The van der Waals surface area contributed by atoms with Gasteiger partial charge in [0.2, 0.25) is 5.78 Å². The Kier molecular flexibility index (Phi) is 5.77. The van der Waals surface area contributed by atoms with E-state index < -0.39 is 10.0 Å². The molecule has 0 aliphatic carbocycles. The Morgan fingerprint density at radius 3 is 2.52 bits per heavy atom. The summed E-state index contributed by atoms with van der Waals surface area (Å²) in [5, 5.41) is 0. The van der Waals surface area contributed by atoms with Crippen LogP contribution in [0.4, 0.5) is 5.69 Å². The van der Waals surface area contributed by atoms with Crippen LogP contribution in [0.25, 0.3) is 17.0 Å². The summed E-state index contributed by atoms with van der Waals surface area (Å²) in [6.07, 6.45) is 5.42. The average molecular weight is 439 g/mol. The van der Waals surface area contributed by atoms with Crippen LogP contribution in [0, 0.1) is 0 Å². The SMILES string of the molecule is CCOc1ccc(S(=O)(=O)Nc2ccc(-c3cn4cccnc4n3)cc2)c(OCC)c1. The van der Waals surface area contributed by atoms with Gasteiger partial charge in [-0.2, -0.15) is 0 Å². The van der Waals surface area contributed by atoms with Crippen LogP contribution in [0.3, 0.4) is 0 Å². The molecule has 0 atom stereocenters. The van der Waals surface area contributed by atoms with E-state index in [1.54, 1.807) is 49.5 Å². The molecule has 0 radical (unpaired) electrons. The number of hydrogen-bond donors (Lipinski definition) is 1. The van der Waals surface area contributed by atoms with E-state index in [2.05, 4.69) is 14.7 Å². The van der Waals surface area contributed by atoms with E-state index in [-0.39, 0.29) is 10.6 Å². The fraction of sp³-hybridized carbons (Fsp3) is 0.182. The molecule has 0 saturated carbocycles. The number of nitrogens with zero attached hydrogens (tertiary/aromatic N) is 3. The third-order valence-corrected chi connectivity index (χ3v) is 5.90. The fourth-order valence-electron chi connectivity index (χ4n) is 3.12. The second kappa shape index (κ2) is 8.65. The molecule has 0 saturated heterocycles. The minimum absolute atomic E-state index is 0.0494. The number of benzene rings is 2. The summed E-state index contributed by atoms with van der Waals surface area (Å²) >= 11 is 0. The molecule has 4 aromatic rings. The molecular weight excluding hydrogens is 416 g/mol. The van der Waals surface area contributed by atoms with E-state index in [1.807, 2.05) is 29.8 Å². The van der Waals surface area contributed by atoms with Crippen molar-refractivity contribution in [3.05, 3.63) is 67.1 Å². The Hall–Kier alpha value is -3.59. The Labute approximate surface area is 180 Å². The zero-order valence-corrected chi connectivity index (χ0v) is 18.0. The van der Waals surface area contributed by atoms with Gasteiger partial charge in [0.25, 0.3) is 10.0 Å². The maximum absolute atomic E-state index is 13.0. The highest BCUT2D eigenvalue weighted by molar-refractivity contribution is 7.92. The summed E-state index contributed by atoms with van der Waals surface area (Å²) < 4.78 is 41.4. The number of imidazole rings is 1. The second-order valence-electron chi connectivity index (χ2n) is 6.61. The van der Waals surface area contributed by atoms with E-state index in [0.717, 1.165) is 11.3 Å². The summed E-state index contributed by atoms with van der Waals surface area (Å²) in [6, 6.07) is 13.5. The van der Waals surface area contributed by atoms with Crippen molar-refractivity contribution >= 4 is 21.5 Å². The van der Waals surface area contributed by atoms with Gasteiger partial charge in [0, 0.05) is 35.9 Å². The molecule has 0 aliphatic heterocycles. The molecular formula is C22H22N4O4S. The van der Waals surface area contributed by atoms with Crippen molar-refractivity contribution in [1.29, 1.82) is 0 Å².